The van der Waals surface area contributed by atoms with Gasteiger partial charge in [0.1, 0.15) is 11.7 Å². The third kappa shape index (κ3) is 2.23. The summed E-state index contributed by atoms with van der Waals surface area (Å²) in [5, 5.41) is 3.55. The van der Waals surface area contributed by atoms with Crippen LogP contribution in [0.2, 0.25) is 0 Å². The van der Waals surface area contributed by atoms with Crippen LogP contribution < -0.4 is 5.32 Å². The van der Waals surface area contributed by atoms with Crippen LogP contribution in [0.1, 0.15) is 37.1 Å². The van der Waals surface area contributed by atoms with Crippen LogP contribution >= 0.6 is 0 Å². The topological polar surface area (TPSA) is 41.6 Å². The fourth-order valence-corrected chi connectivity index (χ4v) is 2.95. The van der Waals surface area contributed by atoms with Crippen molar-refractivity contribution in [1.82, 2.24) is 10.2 Å². The van der Waals surface area contributed by atoms with Crippen LogP contribution in [0.25, 0.3) is 0 Å². The molecule has 1 saturated heterocycles. The van der Waals surface area contributed by atoms with Gasteiger partial charge in [0, 0.05) is 13.2 Å². The molecular weight excluding hydrogens is 252 g/mol. The number of carbonyl (C=O) groups is 1. The SMILES string of the molecule is CCOCCN1C(=O)C2(CC2)NC1c1ccccc1C. The van der Waals surface area contributed by atoms with Gasteiger partial charge in [0.05, 0.1) is 6.61 Å². The zero-order valence-corrected chi connectivity index (χ0v) is 12.2. The number of rotatable bonds is 5. The van der Waals surface area contributed by atoms with Gasteiger partial charge >= 0.3 is 0 Å². The summed E-state index contributed by atoms with van der Waals surface area (Å²) < 4.78 is 5.43. The second-order valence-corrected chi connectivity index (χ2v) is 5.68. The van der Waals surface area contributed by atoms with Gasteiger partial charge in [0.15, 0.2) is 0 Å². The number of nitrogens with one attached hydrogen (secondary N) is 1. The molecule has 2 aliphatic rings. The molecular formula is C16H22N2O2. The standard InChI is InChI=1S/C16H22N2O2/c1-3-20-11-10-18-14(13-7-5-4-6-12(13)2)17-16(8-9-16)15(18)19/h4-7,14,17H,3,8-11H2,1-2H3. The molecule has 0 bridgehead atoms. The molecule has 1 aromatic rings. The van der Waals surface area contributed by atoms with Crippen LogP contribution in [0.15, 0.2) is 24.3 Å². The highest BCUT2D eigenvalue weighted by Gasteiger charge is 2.59. The predicted molar refractivity (Wildman–Crippen MR) is 77.2 cm³/mol. The highest BCUT2D eigenvalue weighted by Crippen LogP contribution is 2.46. The van der Waals surface area contributed by atoms with E-state index in [1.165, 1.54) is 11.1 Å². The van der Waals surface area contributed by atoms with Gasteiger partial charge in [0.2, 0.25) is 5.91 Å². The molecule has 1 unspecified atom stereocenters. The summed E-state index contributed by atoms with van der Waals surface area (Å²) in [6, 6.07) is 8.27. The summed E-state index contributed by atoms with van der Waals surface area (Å²) in [5.74, 6) is 0.241. The number of hydrogen-bond donors (Lipinski definition) is 1. The molecule has 1 spiro atoms. The first kappa shape index (κ1) is 13.6. The number of benzene rings is 1. The Balaban J connectivity index is 1.84. The first-order valence-corrected chi connectivity index (χ1v) is 7.40. The van der Waals surface area contributed by atoms with E-state index in [1.807, 2.05) is 24.0 Å². The van der Waals surface area contributed by atoms with Crippen LogP contribution in [-0.4, -0.2) is 36.1 Å². The third-order valence-electron chi connectivity index (χ3n) is 4.31. The molecule has 3 rings (SSSR count). The third-order valence-corrected chi connectivity index (χ3v) is 4.31. The molecule has 1 heterocycles. The van der Waals surface area contributed by atoms with Crippen LogP contribution in [0.3, 0.4) is 0 Å². The van der Waals surface area contributed by atoms with Gasteiger partial charge < -0.3 is 9.64 Å². The number of ether oxygens (including phenoxy) is 1. The summed E-state index contributed by atoms with van der Waals surface area (Å²) in [7, 11) is 0. The van der Waals surface area contributed by atoms with E-state index in [-0.39, 0.29) is 17.6 Å². The van der Waals surface area contributed by atoms with Gasteiger partial charge in [-0.05, 0) is 37.8 Å². The van der Waals surface area contributed by atoms with Crippen LogP contribution in [0.4, 0.5) is 0 Å². The quantitative estimate of drug-likeness (QED) is 0.835. The fourth-order valence-electron chi connectivity index (χ4n) is 2.95. The lowest BCUT2D eigenvalue weighted by atomic mass is 10.1. The first-order chi connectivity index (χ1) is 9.68. The van der Waals surface area contributed by atoms with Crippen molar-refractivity contribution in [3.8, 4) is 0 Å². The Labute approximate surface area is 120 Å². The summed E-state index contributed by atoms with van der Waals surface area (Å²) in [6.07, 6.45) is 1.91. The number of nitrogens with zero attached hydrogens (tertiary/aromatic N) is 1. The van der Waals surface area contributed by atoms with E-state index in [2.05, 4.69) is 24.4 Å². The zero-order valence-electron chi connectivity index (χ0n) is 12.2. The maximum atomic E-state index is 12.6. The van der Waals surface area contributed by atoms with Gasteiger partial charge in [-0.1, -0.05) is 24.3 Å². The second kappa shape index (κ2) is 5.19. The lowest BCUT2D eigenvalue weighted by Gasteiger charge is -2.25. The first-order valence-electron chi connectivity index (χ1n) is 7.40. The Morgan fingerprint density at radius 2 is 2.15 bits per heavy atom. The van der Waals surface area contributed by atoms with E-state index in [4.69, 9.17) is 4.74 Å². The van der Waals surface area contributed by atoms with Crippen molar-refractivity contribution in [2.45, 2.75) is 38.4 Å². The van der Waals surface area contributed by atoms with Gasteiger partial charge in [0.25, 0.3) is 0 Å². The molecule has 1 aliphatic carbocycles. The monoisotopic (exact) mass is 274 g/mol. The molecule has 1 atom stereocenters. The van der Waals surface area contributed by atoms with Crippen molar-refractivity contribution in [2.24, 2.45) is 0 Å². The molecule has 1 amide bonds. The Hall–Kier alpha value is -1.39. The van der Waals surface area contributed by atoms with Crippen molar-refractivity contribution in [3.63, 3.8) is 0 Å². The van der Waals surface area contributed by atoms with E-state index < -0.39 is 0 Å². The molecule has 1 aromatic carbocycles. The van der Waals surface area contributed by atoms with Crippen LogP contribution in [-0.2, 0) is 9.53 Å². The normalized spacial score (nSPS) is 23.6. The van der Waals surface area contributed by atoms with Crippen molar-refractivity contribution in [1.29, 1.82) is 0 Å². The van der Waals surface area contributed by atoms with Gasteiger partial charge in [-0.15, -0.1) is 0 Å². The second-order valence-electron chi connectivity index (χ2n) is 5.68. The van der Waals surface area contributed by atoms with Crippen molar-refractivity contribution in [3.05, 3.63) is 35.4 Å². The summed E-state index contributed by atoms with van der Waals surface area (Å²) in [4.78, 5) is 14.5. The number of carbonyl (C=O) groups excluding carboxylic acids is 1. The molecule has 108 valence electrons. The Morgan fingerprint density at radius 1 is 1.40 bits per heavy atom. The summed E-state index contributed by atoms with van der Waals surface area (Å²) >= 11 is 0. The smallest absolute Gasteiger partial charge is 0.244 e. The van der Waals surface area contributed by atoms with Crippen LogP contribution in [0.5, 0.6) is 0 Å². The molecule has 4 nitrogen and oxygen atoms in total. The van der Waals surface area contributed by atoms with E-state index in [0.29, 0.717) is 19.8 Å². The summed E-state index contributed by atoms with van der Waals surface area (Å²) in [5.41, 5.74) is 2.14. The highest BCUT2D eigenvalue weighted by molar-refractivity contribution is 5.92. The van der Waals surface area contributed by atoms with Gasteiger partial charge in [-0.3, -0.25) is 10.1 Å². The molecule has 2 fully saturated rings. The number of aryl methyl sites for hydroxylation is 1. The lowest BCUT2D eigenvalue weighted by molar-refractivity contribution is -0.131. The zero-order chi connectivity index (χ0) is 14.2. The predicted octanol–water partition coefficient (Wildman–Crippen LogP) is 1.99. The lowest BCUT2D eigenvalue weighted by Crippen LogP contribution is -2.34. The molecule has 0 radical (unpaired) electrons. The molecule has 0 aromatic heterocycles. The van der Waals surface area contributed by atoms with Gasteiger partial charge in [-0.25, -0.2) is 0 Å². The maximum absolute atomic E-state index is 12.6. The average molecular weight is 274 g/mol. The Kier molecular flexibility index (Phi) is 3.52. The summed E-state index contributed by atoms with van der Waals surface area (Å²) in [6.45, 7) is 6.02. The molecule has 1 saturated carbocycles. The van der Waals surface area contributed by atoms with E-state index in [0.717, 1.165) is 12.8 Å². The minimum Gasteiger partial charge on any atom is -0.380 e. The van der Waals surface area contributed by atoms with Crippen LogP contribution in [0, 0.1) is 6.92 Å². The fraction of sp³-hybridized carbons (Fsp3) is 0.562. The number of hydrogen-bond acceptors (Lipinski definition) is 3. The number of amides is 1. The largest absolute Gasteiger partial charge is 0.380 e. The maximum Gasteiger partial charge on any atom is 0.244 e. The average Bonchev–Trinajstić information content (AvgIpc) is 3.17. The van der Waals surface area contributed by atoms with E-state index in [9.17, 15) is 4.79 Å². The van der Waals surface area contributed by atoms with E-state index in [1.54, 1.807) is 0 Å². The van der Waals surface area contributed by atoms with Gasteiger partial charge in [-0.2, -0.15) is 0 Å². The minimum absolute atomic E-state index is 0.00773. The van der Waals surface area contributed by atoms with Crippen molar-refractivity contribution >= 4 is 5.91 Å². The molecule has 4 heteroatoms. The Bertz CT molecular complexity index is 511. The molecule has 20 heavy (non-hydrogen) atoms. The molecule has 1 N–H and O–H groups in total. The van der Waals surface area contributed by atoms with Crippen molar-refractivity contribution in [2.75, 3.05) is 19.8 Å². The minimum atomic E-state index is -0.279. The van der Waals surface area contributed by atoms with E-state index >= 15 is 0 Å². The highest BCUT2D eigenvalue weighted by atomic mass is 16.5. The van der Waals surface area contributed by atoms with Crippen molar-refractivity contribution < 1.29 is 9.53 Å². The Morgan fingerprint density at radius 3 is 2.80 bits per heavy atom. The molecule has 1 aliphatic heterocycles.